The summed E-state index contributed by atoms with van der Waals surface area (Å²) in [4.78, 5) is 9.00. The molecule has 6 heteroatoms. The number of halogens is 3. The average molecular weight is 196 g/mol. The summed E-state index contributed by atoms with van der Waals surface area (Å²) < 4.78 is 0. The zero-order valence-electron chi connectivity index (χ0n) is 6.29. The van der Waals surface area contributed by atoms with Gasteiger partial charge in [0.1, 0.15) is 0 Å². The molecule has 0 saturated carbocycles. The summed E-state index contributed by atoms with van der Waals surface area (Å²) in [5, 5.41) is 7.42. The van der Waals surface area contributed by atoms with Gasteiger partial charge in [-0.15, -0.1) is 37.2 Å². The molecule has 0 saturated heterocycles. The van der Waals surface area contributed by atoms with Crippen LogP contribution in [0.2, 0.25) is 0 Å². The maximum Gasteiger partial charge on any atom is 2.00 e. The molecule has 0 aromatic carbocycles. The van der Waals surface area contributed by atoms with E-state index in [0.29, 0.717) is 0 Å². The number of carbonyl (C=O) groups is 1. The number of hydrogen-bond acceptors (Lipinski definition) is 1. The van der Waals surface area contributed by atoms with E-state index in [1.165, 1.54) is 0 Å². The van der Waals surface area contributed by atoms with Crippen molar-refractivity contribution in [2.24, 2.45) is 0 Å². The fourth-order valence-corrected chi connectivity index (χ4v) is 0. The SMILES string of the molecule is CC(=O)O.Cl.Cl.Cl.[H-].[H-].[Mg+2]. The number of carboxylic acid groups (broad SMARTS) is 1. The van der Waals surface area contributed by atoms with Gasteiger partial charge in [0.25, 0.3) is 5.97 Å². The van der Waals surface area contributed by atoms with Crippen molar-refractivity contribution in [2.75, 3.05) is 0 Å². The Kier molecular flexibility index (Phi) is 108. The van der Waals surface area contributed by atoms with Gasteiger partial charge in [-0.2, -0.15) is 0 Å². The van der Waals surface area contributed by atoms with Crippen molar-refractivity contribution in [2.45, 2.75) is 6.92 Å². The second-order valence-electron chi connectivity index (χ2n) is 0.519. The number of carboxylic acids is 1. The number of hydrogen-bond donors (Lipinski definition) is 1. The standard InChI is InChI=1S/C2H4O2.3ClH.Mg.2H/c1-2(3)4;;;;;;/h1H3,(H,3,4);3*1H;;;/q;;;;+2;2*-1. The molecule has 0 heterocycles. The van der Waals surface area contributed by atoms with E-state index in [2.05, 4.69) is 0 Å². The molecular formula is C2H9Cl3MgO2. The third-order valence-corrected chi connectivity index (χ3v) is 0. The fraction of sp³-hybridized carbons (Fsp3) is 0.500. The Morgan fingerprint density at radius 3 is 1.38 bits per heavy atom. The fourth-order valence-electron chi connectivity index (χ4n) is 0. The maximum atomic E-state index is 9.00. The van der Waals surface area contributed by atoms with E-state index in [1.54, 1.807) is 0 Å². The number of aliphatic carboxylic acids is 1. The van der Waals surface area contributed by atoms with Gasteiger partial charge < -0.3 is 7.96 Å². The summed E-state index contributed by atoms with van der Waals surface area (Å²) in [6, 6.07) is 0. The van der Waals surface area contributed by atoms with Crippen LogP contribution in [0.4, 0.5) is 0 Å². The first-order chi connectivity index (χ1) is 1.73. The molecule has 0 aliphatic carbocycles. The molecule has 8 heavy (non-hydrogen) atoms. The topological polar surface area (TPSA) is 37.3 Å². The van der Waals surface area contributed by atoms with E-state index in [0.717, 1.165) is 6.92 Å². The Hall–Kier alpha value is 1.11. The first-order valence-corrected chi connectivity index (χ1v) is 0.928. The van der Waals surface area contributed by atoms with Gasteiger partial charge >= 0.3 is 23.1 Å². The predicted octanol–water partition coefficient (Wildman–Crippen LogP) is 1.20. The van der Waals surface area contributed by atoms with Crippen LogP contribution >= 0.6 is 37.2 Å². The molecule has 52 valence electrons. The molecule has 0 atom stereocenters. The molecule has 0 unspecified atom stereocenters. The number of rotatable bonds is 0. The van der Waals surface area contributed by atoms with Crippen LogP contribution in [0.5, 0.6) is 0 Å². The first kappa shape index (κ1) is 35.5. The Labute approximate surface area is 85.8 Å². The summed E-state index contributed by atoms with van der Waals surface area (Å²) in [6.45, 7) is 1.08. The Bertz CT molecular complexity index is 45.5. The van der Waals surface area contributed by atoms with Crippen molar-refractivity contribution >= 4 is 66.2 Å². The van der Waals surface area contributed by atoms with Crippen molar-refractivity contribution in [1.29, 1.82) is 0 Å². The molecule has 0 amide bonds. The van der Waals surface area contributed by atoms with Crippen LogP contribution in [-0.4, -0.2) is 34.1 Å². The van der Waals surface area contributed by atoms with Gasteiger partial charge in [-0.05, 0) is 0 Å². The molecule has 0 bridgehead atoms. The first-order valence-electron chi connectivity index (χ1n) is 0.928. The van der Waals surface area contributed by atoms with E-state index in [-0.39, 0.29) is 63.1 Å². The monoisotopic (exact) mass is 194 g/mol. The smallest absolute Gasteiger partial charge is 1.00 e. The van der Waals surface area contributed by atoms with Gasteiger partial charge in [-0.25, -0.2) is 0 Å². The van der Waals surface area contributed by atoms with Gasteiger partial charge in [0.2, 0.25) is 0 Å². The quantitative estimate of drug-likeness (QED) is 0.590. The molecule has 0 aliphatic rings. The van der Waals surface area contributed by atoms with Crippen molar-refractivity contribution in [3.63, 3.8) is 0 Å². The minimum atomic E-state index is -0.833. The van der Waals surface area contributed by atoms with E-state index in [9.17, 15) is 0 Å². The van der Waals surface area contributed by atoms with Crippen molar-refractivity contribution in [3.05, 3.63) is 0 Å². The van der Waals surface area contributed by atoms with Gasteiger partial charge in [-0.1, -0.05) is 0 Å². The van der Waals surface area contributed by atoms with Gasteiger partial charge in [0.15, 0.2) is 0 Å². The molecule has 0 rings (SSSR count). The molecule has 0 fully saturated rings. The molecule has 0 aliphatic heterocycles. The van der Waals surface area contributed by atoms with Crippen LogP contribution in [-0.2, 0) is 4.79 Å². The summed E-state index contributed by atoms with van der Waals surface area (Å²) >= 11 is 0. The van der Waals surface area contributed by atoms with Gasteiger partial charge in [0, 0.05) is 6.92 Å². The Morgan fingerprint density at radius 1 is 1.38 bits per heavy atom. The predicted molar refractivity (Wildman–Crippen MR) is 43.0 cm³/mol. The van der Waals surface area contributed by atoms with Gasteiger partial charge in [-0.3, -0.25) is 4.79 Å². The van der Waals surface area contributed by atoms with Crippen molar-refractivity contribution in [1.82, 2.24) is 0 Å². The third-order valence-electron chi connectivity index (χ3n) is 0. The van der Waals surface area contributed by atoms with Crippen LogP contribution in [0.1, 0.15) is 9.78 Å². The van der Waals surface area contributed by atoms with Crippen LogP contribution < -0.4 is 0 Å². The largest absolute Gasteiger partial charge is 2.00 e. The maximum absolute atomic E-state index is 9.00. The molecule has 0 spiro atoms. The van der Waals surface area contributed by atoms with Crippen LogP contribution in [0, 0.1) is 0 Å². The minimum Gasteiger partial charge on any atom is -1.00 e. The molecule has 0 radical (unpaired) electrons. The van der Waals surface area contributed by atoms with Crippen LogP contribution in [0.15, 0.2) is 0 Å². The second kappa shape index (κ2) is 24.3. The molecule has 2 nitrogen and oxygen atoms in total. The van der Waals surface area contributed by atoms with Gasteiger partial charge in [0.05, 0.1) is 0 Å². The molecule has 1 N–H and O–H groups in total. The van der Waals surface area contributed by atoms with Crippen molar-refractivity contribution < 1.29 is 12.8 Å². The molecular weight excluding hydrogens is 187 g/mol. The molecule has 0 aromatic rings. The van der Waals surface area contributed by atoms with Crippen LogP contribution in [0.25, 0.3) is 0 Å². The molecule has 0 aromatic heterocycles. The normalized spacial score (nSPS) is 3.12. The Balaban J connectivity index is -0.00000000300. The zero-order chi connectivity index (χ0) is 3.58. The van der Waals surface area contributed by atoms with E-state index in [4.69, 9.17) is 9.90 Å². The van der Waals surface area contributed by atoms with E-state index in [1.807, 2.05) is 0 Å². The summed E-state index contributed by atoms with van der Waals surface area (Å²) in [7, 11) is 0. The van der Waals surface area contributed by atoms with E-state index >= 15 is 0 Å². The third kappa shape index (κ3) is 217. The minimum absolute atomic E-state index is 0. The van der Waals surface area contributed by atoms with Crippen molar-refractivity contribution in [3.8, 4) is 0 Å². The Morgan fingerprint density at radius 2 is 1.38 bits per heavy atom. The zero-order valence-corrected chi connectivity index (χ0v) is 8.15. The second-order valence-corrected chi connectivity index (χ2v) is 0.519. The summed E-state index contributed by atoms with van der Waals surface area (Å²) in [5.74, 6) is -0.833. The van der Waals surface area contributed by atoms with E-state index < -0.39 is 5.97 Å². The average Bonchev–Trinajstić information content (AvgIpc) is 0.811. The summed E-state index contributed by atoms with van der Waals surface area (Å²) in [6.07, 6.45) is 0. The summed E-state index contributed by atoms with van der Waals surface area (Å²) in [5.41, 5.74) is 0. The van der Waals surface area contributed by atoms with Crippen LogP contribution in [0.3, 0.4) is 0 Å².